The summed E-state index contributed by atoms with van der Waals surface area (Å²) in [5, 5.41) is 16.0. The molecule has 56 valence electrons. The van der Waals surface area contributed by atoms with Gasteiger partial charge in [0.05, 0.1) is 0 Å². The molecule has 0 fully saturated rings. The topological polar surface area (TPSA) is 58.9 Å². The first-order chi connectivity index (χ1) is 4.20. The molecule has 0 aromatic heterocycles. The predicted octanol–water partition coefficient (Wildman–Crippen LogP) is 1.34. The van der Waals surface area contributed by atoms with Gasteiger partial charge in [-0.15, -0.1) is 0 Å². The smallest absolute Gasteiger partial charge is 0.224 e. The van der Waals surface area contributed by atoms with E-state index in [1.54, 1.807) is 0 Å². The third-order valence-corrected chi connectivity index (χ3v) is 0.899. The molecular formula is C5H12O4. The molecule has 0 bridgehead atoms. The van der Waals surface area contributed by atoms with Crippen molar-refractivity contribution in [2.45, 2.75) is 26.6 Å². The van der Waals surface area contributed by atoms with Crippen LogP contribution in [0.5, 0.6) is 0 Å². The highest BCUT2D eigenvalue weighted by Gasteiger charge is 2.10. The van der Waals surface area contributed by atoms with Gasteiger partial charge in [-0.3, -0.25) is 0 Å². The molecule has 0 aromatic rings. The fourth-order valence-corrected chi connectivity index (χ4v) is 0.490. The molecule has 0 saturated carbocycles. The molecule has 0 aliphatic heterocycles. The van der Waals surface area contributed by atoms with Gasteiger partial charge < -0.3 is 0 Å². The van der Waals surface area contributed by atoms with Crippen LogP contribution in [0.3, 0.4) is 0 Å². The Morgan fingerprint density at radius 2 is 1.67 bits per heavy atom. The van der Waals surface area contributed by atoms with E-state index in [1.807, 2.05) is 13.8 Å². The molecule has 0 aromatic carbocycles. The van der Waals surface area contributed by atoms with E-state index in [9.17, 15) is 0 Å². The molecule has 2 N–H and O–H groups in total. The maximum absolute atomic E-state index is 7.99. The third kappa shape index (κ3) is 4.35. The normalized spacial score (nSPS) is 11.3. The highest BCUT2D eigenvalue weighted by Crippen LogP contribution is 2.06. The van der Waals surface area contributed by atoms with Gasteiger partial charge in [0, 0.05) is 6.42 Å². The lowest BCUT2D eigenvalue weighted by Crippen LogP contribution is -2.15. The summed E-state index contributed by atoms with van der Waals surface area (Å²) in [7, 11) is 0. The lowest BCUT2D eigenvalue weighted by molar-refractivity contribution is -0.433. The Bertz CT molecular complexity index is 60.0. The van der Waals surface area contributed by atoms with Crippen molar-refractivity contribution >= 4 is 0 Å². The van der Waals surface area contributed by atoms with E-state index >= 15 is 0 Å². The van der Waals surface area contributed by atoms with E-state index in [2.05, 4.69) is 9.78 Å². The van der Waals surface area contributed by atoms with Crippen LogP contribution >= 0.6 is 0 Å². The monoisotopic (exact) mass is 136 g/mol. The quantitative estimate of drug-likeness (QED) is 0.348. The van der Waals surface area contributed by atoms with Crippen molar-refractivity contribution in [3.8, 4) is 0 Å². The highest BCUT2D eigenvalue weighted by molar-refractivity contribution is 4.45. The predicted molar refractivity (Wildman–Crippen MR) is 30.7 cm³/mol. The first-order valence-electron chi connectivity index (χ1n) is 2.81. The van der Waals surface area contributed by atoms with E-state index < -0.39 is 6.29 Å². The Morgan fingerprint density at radius 1 is 1.22 bits per heavy atom. The summed E-state index contributed by atoms with van der Waals surface area (Å²) >= 11 is 0. The Morgan fingerprint density at radius 3 is 1.78 bits per heavy atom. The van der Waals surface area contributed by atoms with Gasteiger partial charge in [-0.05, 0) is 5.92 Å². The van der Waals surface area contributed by atoms with Crippen LogP contribution in [0.25, 0.3) is 0 Å². The van der Waals surface area contributed by atoms with Crippen LogP contribution in [-0.4, -0.2) is 16.8 Å². The minimum atomic E-state index is -0.912. The molecular weight excluding hydrogens is 124 g/mol. The molecule has 0 unspecified atom stereocenters. The first-order valence-corrected chi connectivity index (χ1v) is 2.81. The van der Waals surface area contributed by atoms with Crippen molar-refractivity contribution in [1.29, 1.82) is 0 Å². The van der Waals surface area contributed by atoms with Crippen LogP contribution in [0, 0.1) is 5.92 Å². The summed E-state index contributed by atoms with van der Waals surface area (Å²) in [5.74, 6) is 0.314. The maximum Gasteiger partial charge on any atom is 0.224 e. The summed E-state index contributed by atoms with van der Waals surface area (Å²) in [6.07, 6.45) is -0.447. The molecule has 0 aliphatic carbocycles. The van der Waals surface area contributed by atoms with Gasteiger partial charge in [-0.1, -0.05) is 13.8 Å². The summed E-state index contributed by atoms with van der Waals surface area (Å²) in [6.45, 7) is 3.84. The van der Waals surface area contributed by atoms with Crippen molar-refractivity contribution in [1.82, 2.24) is 0 Å². The molecule has 0 aliphatic rings. The second-order valence-corrected chi connectivity index (χ2v) is 2.27. The SMILES string of the molecule is CC(C)CC(OO)OO. The Labute approximate surface area is 53.9 Å². The van der Waals surface area contributed by atoms with Crippen molar-refractivity contribution < 1.29 is 20.3 Å². The molecule has 0 saturated heterocycles. The average molecular weight is 136 g/mol. The van der Waals surface area contributed by atoms with Gasteiger partial charge >= 0.3 is 0 Å². The number of hydrogen-bond donors (Lipinski definition) is 2. The third-order valence-electron chi connectivity index (χ3n) is 0.899. The molecule has 0 radical (unpaired) electrons. The van der Waals surface area contributed by atoms with Crippen LogP contribution in [-0.2, 0) is 9.78 Å². The van der Waals surface area contributed by atoms with Gasteiger partial charge in [0.1, 0.15) is 0 Å². The van der Waals surface area contributed by atoms with Crippen LogP contribution in [0.15, 0.2) is 0 Å². The van der Waals surface area contributed by atoms with Gasteiger partial charge in [0.2, 0.25) is 6.29 Å². The second kappa shape index (κ2) is 4.69. The van der Waals surface area contributed by atoms with Crippen LogP contribution < -0.4 is 0 Å². The van der Waals surface area contributed by atoms with Crippen LogP contribution in [0.4, 0.5) is 0 Å². The molecule has 0 atom stereocenters. The van der Waals surface area contributed by atoms with Gasteiger partial charge in [0.15, 0.2) is 0 Å². The second-order valence-electron chi connectivity index (χ2n) is 2.27. The molecule has 0 heterocycles. The lowest BCUT2D eigenvalue weighted by Gasteiger charge is -2.10. The van der Waals surface area contributed by atoms with Crippen LogP contribution in [0.1, 0.15) is 20.3 Å². The fraction of sp³-hybridized carbons (Fsp3) is 1.00. The minimum absolute atomic E-state index is 0.314. The van der Waals surface area contributed by atoms with E-state index in [0.29, 0.717) is 12.3 Å². The Kier molecular flexibility index (Phi) is 4.61. The lowest BCUT2D eigenvalue weighted by atomic mass is 10.1. The first kappa shape index (κ1) is 8.84. The average Bonchev–Trinajstić information content (AvgIpc) is 1.82. The largest absolute Gasteiger partial charge is 0.249 e. The van der Waals surface area contributed by atoms with Crippen molar-refractivity contribution in [2.75, 3.05) is 0 Å². The van der Waals surface area contributed by atoms with Crippen LogP contribution in [0.2, 0.25) is 0 Å². The molecule has 9 heavy (non-hydrogen) atoms. The fourth-order valence-electron chi connectivity index (χ4n) is 0.490. The maximum atomic E-state index is 7.99. The summed E-state index contributed by atoms with van der Waals surface area (Å²) in [6, 6.07) is 0. The van der Waals surface area contributed by atoms with E-state index in [1.165, 1.54) is 0 Å². The van der Waals surface area contributed by atoms with Crippen molar-refractivity contribution in [3.05, 3.63) is 0 Å². The van der Waals surface area contributed by atoms with E-state index in [-0.39, 0.29) is 0 Å². The molecule has 0 spiro atoms. The van der Waals surface area contributed by atoms with E-state index in [4.69, 9.17) is 10.5 Å². The van der Waals surface area contributed by atoms with Crippen molar-refractivity contribution in [2.24, 2.45) is 5.92 Å². The molecule has 4 nitrogen and oxygen atoms in total. The summed E-state index contributed by atoms with van der Waals surface area (Å²) in [4.78, 5) is 7.48. The molecule has 0 amide bonds. The highest BCUT2D eigenvalue weighted by atomic mass is 17.2. The van der Waals surface area contributed by atoms with E-state index in [0.717, 1.165) is 0 Å². The minimum Gasteiger partial charge on any atom is -0.249 e. The molecule has 4 heteroatoms. The zero-order chi connectivity index (χ0) is 7.28. The zero-order valence-corrected chi connectivity index (χ0v) is 5.57. The summed E-state index contributed by atoms with van der Waals surface area (Å²) in [5.41, 5.74) is 0. The number of rotatable bonds is 4. The van der Waals surface area contributed by atoms with Gasteiger partial charge in [-0.25, -0.2) is 20.3 Å². The number of hydrogen-bond acceptors (Lipinski definition) is 4. The standard InChI is InChI=1S/C5H12O4/c1-4(2)3-5(8-6)9-7/h4-7H,3H2,1-2H3. The van der Waals surface area contributed by atoms with Gasteiger partial charge in [-0.2, -0.15) is 0 Å². The molecule has 0 rings (SSSR count). The summed E-state index contributed by atoms with van der Waals surface area (Å²) < 4.78 is 0. The van der Waals surface area contributed by atoms with Gasteiger partial charge in [0.25, 0.3) is 0 Å². The Balaban J connectivity index is 3.31. The van der Waals surface area contributed by atoms with Crippen molar-refractivity contribution in [3.63, 3.8) is 0 Å². The zero-order valence-electron chi connectivity index (χ0n) is 5.57. The Hall–Kier alpha value is -0.160.